The number of rotatable bonds is 1. The van der Waals surface area contributed by atoms with Crippen molar-refractivity contribution in [2.45, 2.75) is 64.6 Å². The molecule has 1 aromatic rings. The Morgan fingerprint density at radius 3 is 2.65 bits per heavy atom. The van der Waals surface area contributed by atoms with Crippen molar-refractivity contribution in [1.29, 1.82) is 0 Å². The largest absolute Gasteiger partial charge is 0.469 e. The molecule has 0 unspecified atom stereocenters. The first-order chi connectivity index (χ1) is 12.2. The number of furan rings is 1. The molecule has 0 saturated heterocycles. The summed E-state index contributed by atoms with van der Waals surface area (Å²) >= 11 is 0. The zero-order chi connectivity index (χ0) is 18.9. The molecule has 26 heavy (non-hydrogen) atoms. The molecule has 0 bridgehead atoms. The molecule has 5 nitrogen and oxygen atoms in total. The van der Waals surface area contributed by atoms with Gasteiger partial charge in [0.2, 0.25) is 0 Å². The molecular formula is C21H30O5. The second kappa shape index (κ2) is 5.83. The lowest BCUT2D eigenvalue weighted by Crippen LogP contribution is -2.65. The number of aliphatic hydroxyl groups is 2. The predicted molar refractivity (Wildman–Crippen MR) is 95.4 cm³/mol. The zero-order valence-corrected chi connectivity index (χ0v) is 16.1. The molecule has 1 aromatic heterocycles. The van der Waals surface area contributed by atoms with Crippen LogP contribution in [0.1, 0.15) is 57.3 Å². The number of methoxy groups -OCH3 is 1. The Morgan fingerprint density at radius 1 is 1.23 bits per heavy atom. The van der Waals surface area contributed by atoms with E-state index in [0.29, 0.717) is 6.42 Å². The number of carbonyl (C=O) groups excluding carboxylic acids is 1. The van der Waals surface area contributed by atoms with Crippen molar-refractivity contribution >= 4 is 5.97 Å². The first kappa shape index (κ1) is 18.1. The molecule has 2 N–H and O–H groups in total. The van der Waals surface area contributed by atoms with Gasteiger partial charge in [-0.2, -0.15) is 0 Å². The average Bonchev–Trinajstić information content (AvgIpc) is 3.05. The van der Waals surface area contributed by atoms with Crippen LogP contribution in [0.15, 0.2) is 16.7 Å². The van der Waals surface area contributed by atoms with E-state index in [-0.39, 0.29) is 34.6 Å². The molecule has 3 aliphatic rings. The van der Waals surface area contributed by atoms with E-state index in [0.717, 1.165) is 30.6 Å². The average molecular weight is 362 g/mol. The van der Waals surface area contributed by atoms with Crippen LogP contribution >= 0.6 is 0 Å². The number of aliphatic hydroxyl groups excluding tert-OH is 2. The Bertz CT molecular complexity index is 707. The Hall–Kier alpha value is -1.33. The Morgan fingerprint density at radius 2 is 1.96 bits per heavy atom. The Balaban J connectivity index is 1.86. The monoisotopic (exact) mass is 362 g/mol. The fourth-order valence-electron chi connectivity index (χ4n) is 6.91. The summed E-state index contributed by atoms with van der Waals surface area (Å²) in [6, 6.07) is 1.81. The van der Waals surface area contributed by atoms with Crippen LogP contribution < -0.4 is 0 Å². The molecule has 5 heteroatoms. The van der Waals surface area contributed by atoms with Crippen LogP contribution in [0.5, 0.6) is 0 Å². The van der Waals surface area contributed by atoms with Gasteiger partial charge in [-0.3, -0.25) is 4.79 Å². The number of ether oxygens (including phenoxy) is 1. The minimum absolute atomic E-state index is 0.00481. The van der Waals surface area contributed by atoms with Crippen LogP contribution in [0.3, 0.4) is 0 Å². The first-order valence-electron chi connectivity index (χ1n) is 9.72. The van der Waals surface area contributed by atoms with Gasteiger partial charge in [-0.05, 0) is 41.6 Å². The summed E-state index contributed by atoms with van der Waals surface area (Å²) in [6.07, 6.45) is 3.68. The van der Waals surface area contributed by atoms with Gasteiger partial charge in [-0.1, -0.05) is 27.2 Å². The molecule has 4 rings (SSSR count). The minimum atomic E-state index is -0.942. The van der Waals surface area contributed by atoms with Gasteiger partial charge < -0.3 is 19.4 Å². The molecular weight excluding hydrogens is 332 g/mol. The molecule has 2 fully saturated rings. The molecule has 0 spiro atoms. The van der Waals surface area contributed by atoms with Crippen LogP contribution in [0.25, 0.3) is 0 Å². The predicted octanol–water partition coefficient (Wildman–Crippen LogP) is 2.89. The van der Waals surface area contributed by atoms with Crippen LogP contribution in [0, 0.1) is 28.6 Å². The minimum Gasteiger partial charge on any atom is -0.469 e. The van der Waals surface area contributed by atoms with Gasteiger partial charge in [-0.15, -0.1) is 0 Å². The normalized spacial score (nSPS) is 43.8. The van der Waals surface area contributed by atoms with Crippen molar-refractivity contribution in [2.24, 2.45) is 28.6 Å². The van der Waals surface area contributed by atoms with Crippen LogP contribution in [-0.2, 0) is 16.0 Å². The van der Waals surface area contributed by atoms with Gasteiger partial charge in [0.1, 0.15) is 5.76 Å². The van der Waals surface area contributed by atoms with E-state index in [9.17, 15) is 15.0 Å². The molecule has 0 radical (unpaired) electrons. The van der Waals surface area contributed by atoms with E-state index < -0.39 is 18.1 Å². The van der Waals surface area contributed by atoms with Crippen molar-refractivity contribution in [3.05, 3.63) is 23.7 Å². The Labute approximate surface area is 154 Å². The molecule has 0 amide bonds. The number of hydrogen-bond acceptors (Lipinski definition) is 5. The third-order valence-electron chi connectivity index (χ3n) is 7.85. The summed E-state index contributed by atoms with van der Waals surface area (Å²) in [5, 5.41) is 22.3. The summed E-state index contributed by atoms with van der Waals surface area (Å²) in [5.41, 5.74) is 0.603. The lowest BCUT2D eigenvalue weighted by Gasteiger charge is -2.63. The standard InChI is InChI=1S/C21H30O5/c1-20(2)7-5-8-21(3)12-10-13-11(6-9-26-13)14(19(24)25-4)15(12)16(22)17(23)18(20)21/h6,9,12,14-18,22-23H,5,7-8,10H2,1-4H3/t12-,14+,15-,16-,17+,18+,21-/m1/s1. The van der Waals surface area contributed by atoms with E-state index >= 15 is 0 Å². The van der Waals surface area contributed by atoms with E-state index in [4.69, 9.17) is 9.15 Å². The molecule has 7 atom stereocenters. The highest BCUT2D eigenvalue weighted by Crippen LogP contribution is 2.64. The highest BCUT2D eigenvalue weighted by Gasteiger charge is 2.64. The van der Waals surface area contributed by atoms with Gasteiger partial charge in [-0.25, -0.2) is 0 Å². The molecule has 144 valence electrons. The quantitative estimate of drug-likeness (QED) is 0.751. The third kappa shape index (κ3) is 2.26. The van der Waals surface area contributed by atoms with Gasteiger partial charge in [0.05, 0.1) is 31.5 Å². The van der Waals surface area contributed by atoms with Gasteiger partial charge in [0.25, 0.3) is 0 Å². The molecule has 1 heterocycles. The number of fused-ring (bicyclic) bond motifs is 4. The number of carbonyl (C=O) groups is 1. The smallest absolute Gasteiger partial charge is 0.313 e. The molecule has 2 saturated carbocycles. The zero-order valence-electron chi connectivity index (χ0n) is 16.1. The van der Waals surface area contributed by atoms with Crippen LogP contribution in [0.4, 0.5) is 0 Å². The SMILES string of the molecule is COC(=O)[C@H]1c2ccoc2C[C@@H]2[C@H]1[C@@H](O)[C@H](O)[C@H]1C(C)(C)CCC[C@]21C. The topological polar surface area (TPSA) is 79.9 Å². The summed E-state index contributed by atoms with van der Waals surface area (Å²) < 4.78 is 10.8. The lowest BCUT2D eigenvalue weighted by molar-refractivity contribution is -0.219. The maximum absolute atomic E-state index is 12.7. The van der Waals surface area contributed by atoms with Crippen LogP contribution in [-0.4, -0.2) is 35.5 Å². The van der Waals surface area contributed by atoms with Gasteiger partial charge in [0, 0.05) is 17.9 Å². The van der Waals surface area contributed by atoms with Crippen molar-refractivity contribution in [3.63, 3.8) is 0 Å². The van der Waals surface area contributed by atoms with Crippen molar-refractivity contribution in [3.8, 4) is 0 Å². The number of hydrogen-bond donors (Lipinski definition) is 2. The highest BCUT2D eigenvalue weighted by molar-refractivity contribution is 5.79. The summed E-state index contributed by atoms with van der Waals surface area (Å²) in [4.78, 5) is 12.7. The van der Waals surface area contributed by atoms with Crippen LogP contribution in [0.2, 0.25) is 0 Å². The summed E-state index contributed by atoms with van der Waals surface area (Å²) in [6.45, 7) is 6.64. The molecule has 0 aliphatic heterocycles. The maximum Gasteiger partial charge on any atom is 0.313 e. The maximum atomic E-state index is 12.7. The summed E-state index contributed by atoms with van der Waals surface area (Å²) in [5.74, 6) is -0.389. The Kier molecular flexibility index (Phi) is 4.05. The van der Waals surface area contributed by atoms with E-state index in [2.05, 4.69) is 20.8 Å². The molecule has 3 aliphatic carbocycles. The first-order valence-corrected chi connectivity index (χ1v) is 9.72. The molecule has 0 aromatic carbocycles. The summed E-state index contributed by atoms with van der Waals surface area (Å²) in [7, 11) is 1.38. The van der Waals surface area contributed by atoms with E-state index in [1.165, 1.54) is 7.11 Å². The van der Waals surface area contributed by atoms with E-state index in [1.54, 1.807) is 6.26 Å². The third-order valence-corrected chi connectivity index (χ3v) is 7.85. The van der Waals surface area contributed by atoms with Gasteiger partial charge in [0.15, 0.2) is 0 Å². The van der Waals surface area contributed by atoms with Crippen molar-refractivity contribution < 1.29 is 24.2 Å². The van der Waals surface area contributed by atoms with E-state index in [1.807, 2.05) is 6.07 Å². The van der Waals surface area contributed by atoms with Crippen molar-refractivity contribution in [2.75, 3.05) is 7.11 Å². The lowest BCUT2D eigenvalue weighted by atomic mass is 9.42. The highest BCUT2D eigenvalue weighted by atomic mass is 16.5. The van der Waals surface area contributed by atoms with Crippen molar-refractivity contribution in [1.82, 2.24) is 0 Å². The fourth-order valence-corrected chi connectivity index (χ4v) is 6.91. The second-order valence-electron chi connectivity index (χ2n) is 9.49. The fraction of sp³-hybridized carbons (Fsp3) is 0.762. The van der Waals surface area contributed by atoms with Gasteiger partial charge >= 0.3 is 5.97 Å². The number of esters is 1. The second-order valence-corrected chi connectivity index (χ2v) is 9.49.